The number of nitro groups is 3. The minimum absolute atomic E-state index is 0.0577. The molecule has 0 spiro atoms. The van der Waals surface area contributed by atoms with Gasteiger partial charge in [-0.1, -0.05) is 35.5 Å². The predicted molar refractivity (Wildman–Crippen MR) is 456 cm³/mol. The maximum atomic E-state index is 12.0. The van der Waals surface area contributed by atoms with E-state index in [1.54, 1.807) is 18.2 Å². The maximum Gasteiger partial charge on any atom is 0.490 e. The summed E-state index contributed by atoms with van der Waals surface area (Å²) in [7, 11) is -50.4. The van der Waals surface area contributed by atoms with Gasteiger partial charge in [0.05, 0.1) is 108 Å². The highest BCUT2D eigenvalue weighted by atomic mass is 31.3. The first-order valence-electron chi connectivity index (χ1n) is 37.9. The predicted octanol–water partition coefficient (Wildman–Crippen LogP) is 2.28. The van der Waals surface area contributed by atoms with Crippen LogP contribution in [0.3, 0.4) is 0 Å². The van der Waals surface area contributed by atoms with Crippen LogP contribution in [0.25, 0.3) is 33.5 Å². The Hall–Kier alpha value is -10.1. The van der Waals surface area contributed by atoms with Crippen LogP contribution in [-0.4, -0.2) is 223 Å². The molecule has 3 aliphatic rings. The van der Waals surface area contributed by atoms with E-state index in [0.29, 0.717) is 16.7 Å². The number of imidazole rings is 3. The Morgan fingerprint density at radius 1 is 0.399 bits per heavy atom. The highest BCUT2D eigenvalue weighted by Gasteiger charge is 2.48. The van der Waals surface area contributed by atoms with Crippen molar-refractivity contribution in [2.24, 2.45) is 17.2 Å². The van der Waals surface area contributed by atoms with Gasteiger partial charge in [0.1, 0.15) is 55.3 Å². The average Bonchev–Trinajstić information content (AvgIpc) is 1.63. The van der Waals surface area contributed by atoms with Gasteiger partial charge in [0.15, 0.2) is 33.5 Å². The number of aliphatic hydroxyl groups excluding tert-OH is 3. The zero-order valence-corrected chi connectivity index (χ0v) is 77.9. The summed E-state index contributed by atoms with van der Waals surface area (Å²) in [6, 6.07) is 12.9. The molecule has 750 valence electrons. The largest absolute Gasteiger partial charge is 0.490 e. The van der Waals surface area contributed by atoms with E-state index >= 15 is 0 Å². The van der Waals surface area contributed by atoms with Crippen molar-refractivity contribution in [1.82, 2.24) is 58.6 Å². The molecule has 0 aliphatic carbocycles. The Morgan fingerprint density at radius 2 is 0.638 bits per heavy atom. The quantitative estimate of drug-likeness (QED) is 0.0116. The van der Waals surface area contributed by atoms with Crippen molar-refractivity contribution in [1.29, 1.82) is 0 Å². The standard InChI is InChI=1S/3C21H26N7O15P3/c3*1-11(13-5-4-12(3-2-6-22)7-14(13)28(30)31)40-20-18-19(25-21(23)26-20)27(10-24-18)17-8-15(29)16(41-17)9-39-45(35,36)43-46(37,38)42-44(32,33)34/h3*4-5,7,10-11,15-17,29H,6,8-9,22H2,1H3,(H,35,36)(H,37,38)(H2,23,25,26)(H2,32,33,34)/t2*11?,15?,16-,17-;11-,15?,16-,17-/m111/s1. The molecule has 3 aliphatic heterocycles. The van der Waals surface area contributed by atoms with Crippen molar-refractivity contribution in [2.75, 3.05) is 56.7 Å². The van der Waals surface area contributed by atoms with E-state index < -0.39 is 179 Å². The van der Waals surface area contributed by atoms with E-state index in [4.69, 9.17) is 92.2 Å². The second-order valence-corrected chi connectivity index (χ2v) is 41.2. The number of nitrogens with two attached hydrogens (primary N) is 6. The number of rotatable bonds is 36. The number of nitrogen functional groups attached to an aromatic ring is 3. The Bertz CT molecular complexity index is 6150. The normalized spacial score (nSPS) is 21.6. The van der Waals surface area contributed by atoms with Crippen LogP contribution in [0.4, 0.5) is 34.9 Å². The van der Waals surface area contributed by atoms with E-state index in [0.717, 1.165) is 0 Å². The number of aromatic nitrogens is 12. The summed E-state index contributed by atoms with van der Waals surface area (Å²) in [6.45, 7) is 2.13. The minimum Gasteiger partial charge on any atom is -0.468 e. The fourth-order valence-corrected chi connectivity index (χ4v) is 21.7. The molecular formula is C63H78N21O45P9. The molecule has 75 heteroatoms. The summed E-state index contributed by atoms with van der Waals surface area (Å²) in [5.41, 5.74) is 35.0. The molecule has 27 N–H and O–H groups in total. The van der Waals surface area contributed by atoms with Crippen LogP contribution in [0, 0.1) is 65.9 Å². The smallest absolute Gasteiger partial charge is 0.468 e. The van der Waals surface area contributed by atoms with E-state index in [2.05, 4.69) is 120 Å². The van der Waals surface area contributed by atoms with Crippen molar-refractivity contribution in [3.63, 3.8) is 0 Å². The summed E-state index contributed by atoms with van der Waals surface area (Å²) >= 11 is 0. The molecule has 12 rings (SSSR count). The number of hydrogen-bond donors (Lipinski definition) is 21. The van der Waals surface area contributed by atoms with Crippen LogP contribution in [0.2, 0.25) is 0 Å². The molecule has 3 aromatic carbocycles. The summed E-state index contributed by atoms with van der Waals surface area (Å²) < 4.78 is 177. The fraction of sp³-hybridized carbons (Fsp3) is 0.381. The lowest BCUT2D eigenvalue weighted by Gasteiger charge is -2.19. The average molecular weight is 2130 g/mol. The number of hydrogen-bond acceptors (Lipinski definition) is 48. The van der Waals surface area contributed by atoms with E-state index in [1.165, 1.54) is 89.9 Å². The van der Waals surface area contributed by atoms with Crippen LogP contribution in [0.5, 0.6) is 17.6 Å². The Balaban J connectivity index is 0.000000214. The van der Waals surface area contributed by atoms with Crippen molar-refractivity contribution >= 4 is 139 Å². The number of nitrogens with zero attached hydrogens (tertiary/aromatic N) is 15. The molecule has 0 saturated carbocycles. The van der Waals surface area contributed by atoms with E-state index in [1.807, 2.05) is 0 Å². The van der Waals surface area contributed by atoms with Gasteiger partial charge in [0, 0.05) is 54.2 Å². The highest BCUT2D eigenvalue weighted by Crippen LogP contribution is 2.69. The first-order valence-corrected chi connectivity index (χ1v) is 51.5. The molecule has 11 unspecified atom stereocenters. The third-order valence-electron chi connectivity index (χ3n) is 18.1. The van der Waals surface area contributed by atoms with Crippen molar-refractivity contribution in [3.8, 4) is 53.2 Å². The van der Waals surface area contributed by atoms with Gasteiger partial charge in [-0.05, 0) is 57.2 Å². The number of aliphatic hydroxyl groups is 3. The number of phosphoric ester groups is 3. The van der Waals surface area contributed by atoms with Gasteiger partial charge in [-0.15, -0.1) is 0 Å². The second-order valence-electron chi connectivity index (χ2n) is 28.0. The molecule has 0 amide bonds. The van der Waals surface area contributed by atoms with Gasteiger partial charge < -0.3 is 137 Å². The fourth-order valence-electron chi connectivity index (χ4n) is 12.6. The van der Waals surface area contributed by atoms with Gasteiger partial charge >= 0.3 is 70.4 Å². The van der Waals surface area contributed by atoms with Crippen LogP contribution in [0.1, 0.15) is 110 Å². The van der Waals surface area contributed by atoms with Gasteiger partial charge in [0.25, 0.3) is 17.1 Å². The first-order chi connectivity index (χ1) is 64.1. The minimum atomic E-state index is -5.74. The number of nitro benzene ring substituents is 3. The molecule has 6 aromatic heterocycles. The molecule has 3 saturated heterocycles. The van der Waals surface area contributed by atoms with E-state index in [9.17, 15) is 116 Å². The molecule has 0 radical (unpaired) electrons. The molecule has 0 bridgehead atoms. The highest BCUT2D eigenvalue weighted by molar-refractivity contribution is 7.68. The van der Waals surface area contributed by atoms with Gasteiger partial charge in [0.2, 0.25) is 35.5 Å². The van der Waals surface area contributed by atoms with Crippen molar-refractivity contribution < 1.29 is 198 Å². The van der Waals surface area contributed by atoms with Crippen LogP contribution < -0.4 is 48.6 Å². The number of ether oxygens (including phenoxy) is 6. The summed E-state index contributed by atoms with van der Waals surface area (Å²) in [6.07, 6.45) is -10.7. The Labute approximate surface area is 769 Å². The monoisotopic (exact) mass is 2130 g/mol. The lowest BCUT2D eigenvalue weighted by atomic mass is 10.1. The SMILES string of the molecule is CC(Oc1nc(N)nc2c1ncn2[C@H]1CC(O)[C@@H](COP(=O)(O)OP(=O)(O)OP(=O)(O)O)O1)c1ccc(C#CCN)cc1[N+](=O)[O-].CC(Oc1nc(N)nc2c1ncn2[C@H]1CC(O)[C@@H](COP(=O)(O)OP(=O)(O)OP(=O)(O)O)O1)c1ccc(C#CCN)cc1[N+](=O)[O-].C[C@@H](Oc1nc(N)nc2c1ncn2[C@H]1CC(O)[C@@H](COP(=O)(O)OP(=O)(O)OP(=O)(O)O)O1)c1ccc(C#CCN)cc1[N+](=O)[O-]. The molecular weight excluding hydrogens is 2050 g/mol. The molecule has 9 heterocycles. The molecule has 9 aromatic rings. The Kier molecular flexibility index (Phi) is 35.6. The molecule has 138 heavy (non-hydrogen) atoms. The number of fused-ring (bicyclic) bond motifs is 3. The zero-order valence-electron chi connectivity index (χ0n) is 69.9. The third kappa shape index (κ3) is 30.4. The second kappa shape index (κ2) is 44.8. The Morgan fingerprint density at radius 3 is 0.855 bits per heavy atom. The van der Waals surface area contributed by atoms with Gasteiger partial charge in [-0.25, -0.2) is 56.0 Å². The number of benzene rings is 3. The van der Waals surface area contributed by atoms with Crippen molar-refractivity contribution in [3.05, 3.63) is 137 Å². The lowest BCUT2D eigenvalue weighted by molar-refractivity contribution is -0.386. The maximum absolute atomic E-state index is 12.0. The van der Waals surface area contributed by atoms with E-state index in [-0.39, 0.29) is 142 Å². The lowest BCUT2D eigenvalue weighted by Crippen LogP contribution is -2.26. The van der Waals surface area contributed by atoms with Crippen LogP contribution >= 0.6 is 70.4 Å². The topological polar surface area (TPSA) is 1010 Å². The molecule has 18 atom stereocenters. The van der Waals surface area contributed by atoms with Gasteiger partial charge in [-0.3, -0.25) is 57.6 Å². The number of anilines is 3. The van der Waals surface area contributed by atoms with Crippen LogP contribution in [-0.2, 0) is 94.7 Å². The first kappa shape index (κ1) is 110. The molecule has 66 nitrogen and oxygen atoms in total. The third-order valence-corrected chi connectivity index (χ3v) is 29.5. The molecule has 3 fully saturated rings. The zero-order chi connectivity index (χ0) is 102. The number of phosphoric acid groups is 9. The summed E-state index contributed by atoms with van der Waals surface area (Å²) in [5, 5.41) is 66.7. The summed E-state index contributed by atoms with van der Waals surface area (Å²) in [4.78, 5) is 179. The van der Waals surface area contributed by atoms with Gasteiger partial charge in [-0.2, -0.15) is 55.8 Å². The van der Waals surface area contributed by atoms with Crippen molar-refractivity contribution in [2.45, 2.75) is 114 Å². The van der Waals surface area contributed by atoms with Crippen LogP contribution in [0.15, 0.2) is 73.6 Å². The summed E-state index contributed by atoms with van der Waals surface area (Å²) in [5.74, 6) is 14.8.